The summed E-state index contributed by atoms with van der Waals surface area (Å²) in [5.74, 6) is -0.465. The van der Waals surface area contributed by atoms with Crippen LogP contribution in [0.5, 0.6) is 0 Å². The van der Waals surface area contributed by atoms with Crippen LogP contribution in [-0.4, -0.2) is 42.3 Å². The van der Waals surface area contributed by atoms with Crippen molar-refractivity contribution < 1.29 is 19.1 Å². The molecule has 2 heterocycles. The molecular weight excluding hydrogens is 338 g/mol. The fraction of sp³-hybridized carbons (Fsp3) is 0.400. The minimum Gasteiger partial charge on any atom is -0.480 e. The molecule has 1 aliphatic rings. The Bertz CT molecular complexity index is 677. The summed E-state index contributed by atoms with van der Waals surface area (Å²) in [6, 6.07) is 7.44. The molecule has 5 nitrogen and oxygen atoms in total. The molecule has 1 N–H and O–H groups in total. The zero-order valence-electron chi connectivity index (χ0n) is 11.6. The maximum Gasteiger partial charge on any atom is 0.331 e. The van der Waals surface area contributed by atoms with Crippen LogP contribution in [0.15, 0.2) is 33.2 Å². The molecule has 0 spiro atoms. The van der Waals surface area contributed by atoms with Crippen molar-refractivity contribution in [1.29, 1.82) is 0 Å². The van der Waals surface area contributed by atoms with Gasteiger partial charge >= 0.3 is 5.97 Å². The Morgan fingerprint density at radius 2 is 2.05 bits per heavy atom. The van der Waals surface area contributed by atoms with Crippen molar-refractivity contribution in [3.8, 4) is 0 Å². The van der Waals surface area contributed by atoms with Crippen molar-refractivity contribution in [3.63, 3.8) is 0 Å². The normalized spacial score (nSPS) is 19.5. The third kappa shape index (κ3) is 2.47. The Hall–Kier alpha value is -1.37. The fourth-order valence-electron chi connectivity index (χ4n) is 2.66. The van der Waals surface area contributed by atoms with Crippen LogP contribution in [0.25, 0.3) is 11.0 Å². The lowest BCUT2D eigenvalue weighted by Gasteiger charge is -2.38. The van der Waals surface area contributed by atoms with Gasteiger partial charge in [-0.3, -0.25) is 4.90 Å². The molecule has 6 heteroatoms. The molecule has 0 aliphatic carbocycles. The van der Waals surface area contributed by atoms with Gasteiger partial charge in [0.05, 0.1) is 13.2 Å². The minimum absolute atomic E-state index is 0.449. The molecule has 0 bridgehead atoms. The van der Waals surface area contributed by atoms with Crippen molar-refractivity contribution >= 4 is 32.9 Å². The van der Waals surface area contributed by atoms with E-state index in [-0.39, 0.29) is 0 Å². The molecule has 2 aromatic rings. The summed E-state index contributed by atoms with van der Waals surface area (Å²) in [5, 5.41) is 10.7. The maximum absolute atomic E-state index is 11.9. The van der Waals surface area contributed by atoms with Gasteiger partial charge in [0.1, 0.15) is 11.3 Å². The summed E-state index contributed by atoms with van der Waals surface area (Å²) in [7, 11) is 0. The smallest absolute Gasteiger partial charge is 0.331 e. The van der Waals surface area contributed by atoms with Crippen molar-refractivity contribution in [1.82, 2.24) is 4.90 Å². The highest BCUT2D eigenvalue weighted by Crippen LogP contribution is 2.34. The van der Waals surface area contributed by atoms with Crippen LogP contribution in [0.2, 0.25) is 0 Å². The van der Waals surface area contributed by atoms with E-state index in [0.717, 1.165) is 9.86 Å². The molecule has 0 amide bonds. The first kappa shape index (κ1) is 14.6. The molecule has 1 fully saturated rings. The third-order valence-electron chi connectivity index (χ3n) is 4.02. The summed E-state index contributed by atoms with van der Waals surface area (Å²) in [6.07, 6.45) is 0. The van der Waals surface area contributed by atoms with E-state index < -0.39 is 11.5 Å². The quantitative estimate of drug-likeness (QED) is 0.919. The molecule has 112 valence electrons. The van der Waals surface area contributed by atoms with E-state index in [4.69, 9.17) is 9.15 Å². The maximum atomic E-state index is 11.9. The highest BCUT2D eigenvalue weighted by molar-refractivity contribution is 9.10. The standard InChI is InChI=1S/C15H16BrNO4/c1-15(14(18)19,17-4-6-20-7-5-17)13-9-10-8-11(16)2-3-12(10)21-13/h2-3,8-9H,4-7H2,1H3,(H,18,19). The summed E-state index contributed by atoms with van der Waals surface area (Å²) >= 11 is 3.41. The predicted octanol–water partition coefficient (Wildman–Crippen LogP) is 2.83. The van der Waals surface area contributed by atoms with Crippen LogP contribution in [0.3, 0.4) is 0 Å². The van der Waals surface area contributed by atoms with Crippen LogP contribution in [0.1, 0.15) is 12.7 Å². The van der Waals surface area contributed by atoms with Crippen LogP contribution in [-0.2, 0) is 15.1 Å². The highest BCUT2D eigenvalue weighted by Gasteiger charge is 2.45. The van der Waals surface area contributed by atoms with Crippen LogP contribution < -0.4 is 0 Å². The summed E-state index contributed by atoms with van der Waals surface area (Å²) in [5.41, 5.74) is -0.496. The van der Waals surface area contributed by atoms with Gasteiger partial charge in [0.2, 0.25) is 0 Å². The molecule has 1 aromatic carbocycles. The summed E-state index contributed by atoms with van der Waals surface area (Å²) in [4.78, 5) is 13.8. The molecule has 1 aromatic heterocycles. The lowest BCUT2D eigenvalue weighted by molar-refractivity contribution is -0.155. The van der Waals surface area contributed by atoms with E-state index in [1.807, 2.05) is 29.2 Å². The van der Waals surface area contributed by atoms with Gasteiger partial charge in [0, 0.05) is 22.9 Å². The topological polar surface area (TPSA) is 62.9 Å². The van der Waals surface area contributed by atoms with Gasteiger partial charge in [-0.2, -0.15) is 0 Å². The van der Waals surface area contributed by atoms with Crippen LogP contribution in [0, 0.1) is 0 Å². The SMILES string of the molecule is CC(C(=O)O)(c1cc2cc(Br)ccc2o1)N1CCOCC1. The van der Waals surface area contributed by atoms with Gasteiger partial charge in [-0.1, -0.05) is 15.9 Å². The average Bonchev–Trinajstić information content (AvgIpc) is 2.90. The Morgan fingerprint density at radius 3 is 2.71 bits per heavy atom. The zero-order chi connectivity index (χ0) is 15.0. The third-order valence-corrected chi connectivity index (χ3v) is 4.51. The number of carboxylic acids is 1. The van der Waals surface area contributed by atoms with Gasteiger partial charge in [0.25, 0.3) is 0 Å². The van der Waals surface area contributed by atoms with Crippen LogP contribution >= 0.6 is 15.9 Å². The number of fused-ring (bicyclic) bond motifs is 1. The number of aliphatic carboxylic acids is 1. The number of hydrogen-bond donors (Lipinski definition) is 1. The largest absolute Gasteiger partial charge is 0.480 e. The average molecular weight is 354 g/mol. The van der Waals surface area contributed by atoms with E-state index in [9.17, 15) is 9.90 Å². The van der Waals surface area contributed by atoms with E-state index >= 15 is 0 Å². The first-order valence-electron chi connectivity index (χ1n) is 6.77. The van der Waals surface area contributed by atoms with E-state index in [2.05, 4.69) is 15.9 Å². The number of nitrogens with zero attached hydrogens (tertiary/aromatic N) is 1. The van der Waals surface area contributed by atoms with E-state index in [0.29, 0.717) is 37.6 Å². The van der Waals surface area contributed by atoms with E-state index in [1.165, 1.54) is 0 Å². The number of halogens is 1. The molecular formula is C15H16BrNO4. The predicted molar refractivity (Wildman–Crippen MR) is 81.3 cm³/mol. The lowest BCUT2D eigenvalue weighted by atomic mass is 9.95. The number of benzene rings is 1. The number of carboxylic acid groups (broad SMARTS) is 1. The molecule has 1 unspecified atom stereocenters. The number of rotatable bonds is 3. The molecule has 1 saturated heterocycles. The Kier molecular flexibility index (Phi) is 3.77. The number of ether oxygens (including phenoxy) is 1. The molecule has 0 radical (unpaired) electrons. The highest BCUT2D eigenvalue weighted by atomic mass is 79.9. The van der Waals surface area contributed by atoms with Crippen LogP contribution in [0.4, 0.5) is 0 Å². The summed E-state index contributed by atoms with van der Waals surface area (Å²) in [6.45, 7) is 3.91. The van der Waals surface area contributed by atoms with E-state index in [1.54, 1.807) is 6.92 Å². The second-order valence-corrected chi connectivity index (χ2v) is 6.19. The Balaban J connectivity index is 2.07. The van der Waals surface area contributed by atoms with Crippen molar-refractivity contribution in [2.45, 2.75) is 12.5 Å². The molecule has 3 rings (SSSR count). The molecule has 21 heavy (non-hydrogen) atoms. The number of furan rings is 1. The monoisotopic (exact) mass is 353 g/mol. The molecule has 1 atom stereocenters. The first-order chi connectivity index (χ1) is 10.0. The zero-order valence-corrected chi connectivity index (χ0v) is 13.2. The second-order valence-electron chi connectivity index (χ2n) is 5.27. The Morgan fingerprint density at radius 1 is 1.33 bits per heavy atom. The van der Waals surface area contributed by atoms with Gasteiger partial charge in [0.15, 0.2) is 5.54 Å². The Labute approximate surface area is 130 Å². The minimum atomic E-state index is -1.19. The molecule has 0 saturated carbocycles. The second kappa shape index (κ2) is 5.44. The lowest BCUT2D eigenvalue weighted by Crippen LogP contribution is -2.54. The fourth-order valence-corrected chi connectivity index (χ4v) is 3.04. The number of hydrogen-bond acceptors (Lipinski definition) is 4. The molecule has 1 aliphatic heterocycles. The first-order valence-corrected chi connectivity index (χ1v) is 7.57. The van der Waals surface area contributed by atoms with Crippen molar-refractivity contribution in [2.24, 2.45) is 0 Å². The van der Waals surface area contributed by atoms with Gasteiger partial charge in [-0.25, -0.2) is 4.79 Å². The van der Waals surface area contributed by atoms with Crippen molar-refractivity contribution in [2.75, 3.05) is 26.3 Å². The summed E-state index contributed by atoms with van der Waals surface area (Å²) < 4.78 is 12.1. The van der Waals surface area contributed by atoms with Gasteiger partial charge < -0.3 is 14.3 Å². The van der Waals surface area contributed by atoms with Gasteiger partial charge in [-0.15, -0.1) is 0 Å². The van der Waals surface area contributed by atoms with Crippen molar-refractivity contribution in [3.05, 3.63) is 34.5 Å². The number of morpholine rings is 1. The number of carbonyl (C=O) groups is 1. The van der Waals surface area contributed by atoms with Gasteiger partial charge in [-0.05, 0) is 31.2 Å².